The van der Waals surface area contributed by atoms with E-state index in [1.165, 1.54) is 5.56 Å². The summed E-state index contributed by atoms with van der Waals surface area (Å²) in [7, 11) is 0. The second-order valence-electron chi connectivity index (χ2n) is 8.00. The van der Waals surface area contributed by atoms with Gasteiger partial charge in [-0.05, 0) is 30.5 Å². The third-order valence-corrected chi connectivity index (χ3v) is 5.95. The number of ether oxygens (including phenoxy) is 2. The molecule has 3 unspecified atom stereocenters. The minimum Gasteiger partial charge on any atom is -0.462 e. The fraction of sp³-hybridized carbons (Fsp3) is 0.360. The van der Waals surface area contributed by atoms with E-state index in [1.54, 1.807) is 30.3 Å². The first-order chi connectivity index (χ1) is 14.6. The van der Waals surface area contributed by atoms with E-state index >= 15 is 0 Å². The Labute approximate surface area is 176 Å². The second kappa shape index (κ2) is 9.26. The molecular formula is C25H26O5. The Morgan fingerprint density at radius 2 is 1.83 bits per heavy atom. The van der Waals surface area contributed by atoms with Gasteiger partial charge < -0.3 is 14.6 Å². The highest BCUT2D eigenvalue weighted by molar-refractivity contribution is 5.89. The molecule has 1 aliphatic heterocycles. The molecule has 1 aliphatic carbocycles. The van der Waals surface area contributed by atoms with E-state index in [2.05, 4.69) is 0 Å². The summed E-state index contributed by atoms with van der Waals surface area (Å²) in [5, 5.41) is 10.4. The quantitative estimate of drug-likeness (QED) is 0.561. The van der Waals surface area contributed by atoms with Gasteiger partial charge in [-0.15, -0.1) is 0 Å². The first-order valence-corrected chi connectivity index (χ1v) is 10.5. The molecule has 5 atom stereocenters. The molecule has 2 aliphatic rings. The fourth-order valence-electron chi connectivity index (χ4n) is 4.38. The number of aryl methyl sites for hydroxylation is 1. The lowest BCUT2D eigenvalue weighted by Gasteiger charge is -2.20. The van der Waals surface area contributed by atoms with Crippen LogP contribution in [0.25, 0.3) is 0 Å². The van der Waals surface area contributed by atoms with Gasteiger partial charge in [0.1, 0.15) is 12.2 Å². The molecule has 1 N–H and O–H groups in total. The summed E-state index contributed by atoms with van der Waals surface area (Å²) in [6.45, 7) is 0. The predicted molar refractivity (Wildman–Crippen MR) is 112 cm³/mol. The minimum absolute atomic E-state index is 0.0244. The van der Waals surface area contributed by atoms with Crippen LogP contribution in [-0.4, -0.2) is 35.4 Å². The van der Waals surface area contributed by atoms with Crippen LogP contribution in [0.4, 0.5) is 0 Å². The molecule has 1 heterocycles. The summed E-state index contributed by atoms with van der Waals surface area (Å²) in [6, 6.07) is 18.9. The normalized spacial score (nSPS) is 26.4. The average Bonchev–Trinajstić information content (AvgIpc) is 3.27. The van der Waals surface area contributed by atoms with Crippen molar-refractivity contribution in [3.05, 3.63) is 83.9 Å². The lowest BCUT2D eigenvalue weighted by Crippen LogP contribution is -2.25. The van der Waals surface area contributed by atoms with Gasteiger partial charge in [-0.3, -0.25) is 4.79 Å². The lowest BCUT2D eigenvalue weighted by atomic mass is 9.91. The van der Waals surface area contributed by atoms with Crippen LogP contribution in [0.1, 0.15) is 35.2 Å². The Bertz CT molecular complexity index is 892. The van der Waals surface area contributed by atoms with Gasteiger partial charge in [0, 0.05) is 18.3 Å². The Balaban J connectivity index is 1.41. The fourth-order valence-corrected chi connectivity index (χ4v) is 4.38. The van der Waals surface area contributed by atoms with Crippen LogP contribution in [0, 0.1) is 11.8 Å². The van der Waals surface area contributed by atoms with Crippen molar-refractivity contribution < 1.29 is 24.2 Å². The predicted octanol–water partition coefficient (Wildman–Crippen LogP) is 3.71. The topological polar surface area (TPSA) is 72.8 Å². The molecule has 2 aromatic rings. The molecule has 1 saturated carbocycles. The molecule has 5 heteroatoms. The van der Waals surface area contributed by atoms with Crippen LogP contribution in [-0.2, 0) is 20.7 Å². The van der Waals surface area contributed by atoms with Gasteiger partial charge >= 0.3 is 11.9 Å². The molecule has 2 aromatic carbocycles. The van der Waals surface area contributed by atoms with Crippen LogP contribution in [0.2, 0.25) is 0 Å². The summed E-state index contributed by atoms with van der Waals surface area (Å²) < 4.78 is 11.2. The zero-order valence-corrected chi connectivity index (χ0v) is 16.7. The monoisotopic (exact) mass is 406 g/mol. The van der Waals surface area contributed by atoms with Gasteiger partial charge in [0.2, 0.25) is 0 Å². The van der Waals surface area contributed by atoms with Crippen molar-refractivity contribution >= 4 is 11.9 Å². The SMILES string of the molecule is O=C1CC2C(/C=C/C(O)CCc3ccccc3)[C@H](OC(=O)c3ccccc3)C[C@@H]2O1. The molecule has 4 rings (SSSR count). The number of carbonyl (C=O) groups excluding carboxylic acids is 2. The summed E-state index contributed by atoms with van der Waals surface area (Å²) in [4.78, 5) is 24.3. The first kappa shape index (κ1) is 20.4. The molecule has 0 aromatic heterocycles. The lowest BCUT2D eigenvalue weighted by molar-refractivity contribution is -0.141. The standard InChI is InChI=1S/C25H26O5/c26-19(12-11-17-7-3-1-4-8-17)13-14-20-21-15-24(27)29-23(21)16-22(20)30-25(28)18-9-5-2-6-10-18/h1-10,13-14,19-23,26H,11-12,15-16H2/b14-13+/t19?,20?,21?,22-,23+/m1/s1. The third kappa shape index (κ3) is 4.79. The zero-order valence-electron chi connectivity index (χ0n) is 16.7. The number of aliphatic hydroxyl groups is 1. The molecule has 0 bridgehead atoms. The van der Waals surface area contributed by atoms with Gasteiger partial charge in [-0.1, -0.05) is 60.7 Å². The molecule has 5 nitrogen and oxygen atoms in total. The maximum absolute atomic E-state index is 12.5. The highest BCUT2D eigenvalue weighted by Crippen LogP contribution is 2.43. The van der Waals surface area contributed by atoms with Crippen LogP contribution in [0.5, 0.6) is 0 Å². The van der Waals surface area contributed by atoms with Crippen LogP contribution in [0.15, 0.2) is 72.8 Å². The molecule has 2 fully saturated rings. The molecule has 0 radical (unpaired) electrons. The van der Waals surface area contributed by atoms with Crippen molar-refractivity contribution in [3.8, 4) is 0 Å². The van der Waals surface area contributed by atoms with Crippen LogP contribution >= 0.6 is 0 Å². The summed E-state index contributed by atoms with van der Waals surface area (Å²) in [5.74, 6) is -0.764. The van der Waals surface area contributed by atoms with Crippen molar-refractivity contribution in [2.75, 3.05) is 0 Å². The van der Waals surface area contributed by atoms with E-state index in [-0.39, 0.29) is 36.0 Å². The number of aliphatic hydroxyl groups excluding tert-OH is 1. The van der Waals surface area contributed by atoms with Gasteiger partial charge in [-0.25, -0.2) is 4.79 Å². The van der Waals surface area contributed by atoms with E-state index in [0.29, 0.717) is 24.8 Å². The number of fused-ring (bicyclic) bond motifs is 1. The smallest absolute Gasteiger partial charge is 0.338 e. The van der Waals surface area contributed by atoms with Crippen LogP contribution < -0.4 is 0 Å². The van der Waals surface area contributed by atoms with Crippen molar-refractivity contribution in [2.24, 2.45) is 11.8 Å². The van der Waals surface area contributed by atoms with E-state index in [0.717, 1.165) is 6.42 Å². The summed E-state index contributed by atoms with van der Waals surface area (Å²) >= 11 is 0. The van der Waals surface area contributed by atoms with Crippen molar-refractivity contribution in [2.45, 2.75) is 44.0 Å². The van der Waals surface area contributed by atoms with Crippen molar-refractivity contribution in [1.82, 2.24) is 0 Å². The number of esters is 2. The van der Waals surface area contributed by atoms with Gasteiger partial charge in [0.15, 0.2) is 0 Å². The number of hydrogen-bond donors (Lipinski definition) is 1. The van der Waals surface area contributed by atoms with Gasteiger partial charge in [-0.2, -0.15) is 0 Å². The third-order valence-electron chi connectivity index (χ3n) is 5.95. The molecule has 0 spiro atoms. The summed E-state index contributed by atoms with van der Waals surface area (Å²) in [5.41, 5.74) is 1.67. The second-order valence-corrected chi connectivity index (χ2v) is 8.00. The number of hydrogen-bond acceptors (Lipinski definition) is 5. The van der Waals surface area contributed by atoms with E-state index < -0.39 is 6.10 Å². The summed E-state index contributed by atoms with van der Waals surface area (Å²) in [6.07, 6.45) is 4.65. The highest BCUT2D eigenvalue weighted by atomic mass is 16.6. The molecule has 0 amide bonds. The Hall–Kier alpha value is -2.92. The van der Waals surface area contributed by atoms with E-state index in [1.807, 2.05) is 42.5 Å². The maximum Gasteiger partial charge on any atom is 0.338 e. The number of rotatable bonds is 7. The number of carbonyl (C=O) groups is 2. The Kier molecular flexibility index (Phi) is 6.29. The Morgan fingerprint density at radius 3 is 2.57 bits per heavy atom. The molecule has 30 heavy (non-hydrogen) atoms. The first-order valence-electron chi connectivity index (χ1n) is 10.5. The van der Waals surface area contributed by atoms with Crippen LogP contribution in [0.3, 0.4) is 0 Å². The number of benzene rings is 2. The average molecular weight is 406 g/mol. The molecule has 1 saturated heterocycles. The minimum atomic E-state index is -0.604. The molecular weight excluding hydrogens is 380 g/mol. The van der Waals surface area contributed by atoms with Crippen molar-refractivity contribution in [1.29, 1.82) is 0 Å². The zero-order chi connectivity index (χ0) is 20.9. The largest absolute Gasteiger partial charge is 0.462 e. The Morgan fingerprint density at radius 1 is 1.13 bits per heavy atom. The van der Waals surface area contributed by atoms with E-state index in [9.17, 15) is 14.7 Å². The van der Waals surface area contributed by atoms with E-state index in [4.69, 9.17) is 9.47 Å². The van der Waals surface area contributed by atoms with Gasteiger partial charge in [0.05, 0.1) is 18.1 Å². The highest BCUT2D eigenvalue weighted by Gasteiger charge is 2.50. The van der Waals surface area contributed by atoms with Crippen molar-refractivity contribution in [3.63, 3.8) is 0 Å². The van der Waals surface area contributed by atoms with Gasteiger partial charge in [0.25, 0.3) is 0 Å². The molecule has 156 valence electrons. The maximum atomic E-state index is 12.5.